The van der Waals surface area contributed by atoms with Crippen LogP contribution in [0.4, 0.5) is 5.69 Å². The van der Waals surface area contributed by atoms with Crippen LogP contribution >= 0.6 is 11.3 Å². The first-order chi connectivity index (χ1) is 12.2. The smallest absolute Gasteiger partial charge is 0.279 e. The lowest BCUT2D eigenvalue weighted by molar-refractivity contribution is -0.885. The molecule has 1 aromatic heterocycles. The van der Waals surface area contributed by atoms with E-state index in [-0.39, 0.29) is 5.91 Å². The lowest BCUT2D eigenvalue weighted by atomic mass is 10.0. The predicted octanol–water partition coefficient (Wildman–Crippen LogP) is 2.99. The third kappa shape index (κ3) is 5.28. The molecule has 1 atom stereocenters. The molecule has 128 valence electrons. The number of carbonyl (C=O) groups excluding carboxylic acids is 1. The second-order valence-corrected chi connectivity index (χ2v) is 7.09. The Morgan fingerprint density at radius 1 is 1.00 bits per heavy atom. The molecule has 3 aromatic rings. The number of quaternary nitrogens is 1. The molecule has 0 bridgehead atoms. The Morgan fingerprint density at radius 3 is 2.52 bits per heavy atom. The summed E-state index contributed by atoms with van der Waals surface area (Å²) in [5, 5.41) is 7.29. The predicted molar refractivity (Wildman–Crippen MR) is 104 cm³/mol. The third-order valence-corrected chi connectivity index (χ3v) is 4.81. The Hall–Kier alpha value is -2.43. The minimum absolute atomic E-state index is 0.0493. The lowest BCUT2D eigenvalue weighted by Crippen LogP contribution is -3.08. The standard InChI is InChI=1S/C21H22N2OS/c1-23(14-18-11-12-25-16-18)15-21(24)22-20-10-6-5-9-19(20)13-17-7-3-2-4-8-17/h2-12,16H,13-15H2,1H3,(H,22,24)/p+1. The van der Waals surface area contributed by atoms with Crippen molar-refractivity contribution in [3.8, 4) is 0 Å². The minimum Gasteiger partial charge on any atom is -0.326 e. The minimum atomic E-state index is 0.0493. The molecule has 3 rings (SSSR count). The van der Waals surface area contributed by atoms with Crippen LogP contribution in [-0.2, 0) is 17.8 Å². The summed E-state index contributed by atoms with van der Waals surface area (Å²) in [7, 11) is 2.05. The molecule has 0 saturated carbocycles. The molecule has 0 aliphatic carbocycles. The molecular weight excluding hydrogens is 328 g/mol. The number of anilines is 1. The van der Waals surface area contributed by atoms with Crippen molar-refractivity contribution in [2.24, 2.45) is 0 Å². The van der Waals surface area contributed by atoms with Crippen LogP contribution in [0.5, 0.6) is 0 Å². The molecule has 0 saturated heterocycles. The Labute approximate surface area is 152 Å². The quantitative estimate of drug-likeness (QED) is 0.674. The van der Waals surface area contributed by atoms with Crippen LogP contribution in [0.2, 0.25) is 0 Å². The SMILES string of the molecule is C[NH+](CC(=O)Nc1ccccc1Cc1ccccc1)Cc1ccsc1. The van der Waals surface area contributed by atoms with Gasteiger partial charge >= 0.3 is 0 Å². The fourth-order valence-corrected chi connectivity index (χ4v) is 3.55. The highest BCUT2D eigenvalue weighted by molar-refractivity contribution is 7.07. The van der Waals surface area contributed by atoms with Crippen LogP contribution in [0.15, 0.2) is 71.4 Å². The zero-order valence-electron chi connectivity index (χ0n) is 14.4. The topological polar surface area (TPSA) is 33.5 Å². The van der Waals surface area contributed by atoms with Gasteiger partial charge in [0, 0.05) is 11.3 Å². The van der Waals surface area contributed by atoms with Gasteiger partial charge in [-0.15, -0.1) is 0 Å². The number of likely N-dealkylation sites (N-methyl/N-ethyl adjacent to an activating group) is 1. The van der Waals surface area contributed by atoms with Crippen LogP contribution in [-0.4, -0.2) is 19.5 Å². The maximum Gasteiger partial charge on any atom is 0.279 e. The van der Waals surface area contributed by atoms with Crippen molar-refractivity contribution in [2.45, 2.75) is 13.0 Å². The van der Waals surface area contributed by atoms with Gasteiger partial charge in [0.05, 0.1) is 7.05 Å². The van der Waals surface area contributed by atoms with Gasteiger partial charge < -0.3 is 10.2 Å². The summed E-state index contributed by atoms with van der Waals surface area (Å²) in [4.78, 5) is 13.6. The van der Waals surface area contributed by atoms with Gasteiger partial charge in [-0.25, -0.2) is 0 Å². The van der Waals surface area contributed by atoms with Gasteiger partial charge in [-0.05, 0) is 40.4 Å². The molecule has 0 aliphatic rings. The van der Waals surface area contributed by atoms with Crippen LogP contribution < -0.4 is 10.2 Å². The number of carbonyl (C=O) groups is 1. The van der Waals surface area contributed by atoms with E-state index in [0.717, 1.165) is 24.2 Å². The monoisotopic (exact) mass is 351 g/mol. The molecule has 0 spiro atoms. The fourth-order valence-electron chi connectivity index (χ4n) is 2.88. The van der Waals surface area contributed by atoms with E-state index in [4.69, 9.17) is 0 Å². The molecule has 2 aromatic carbocycles. The maximum absolute atomic E-state index is 12.4. The van der Waals surface area contributed by atoms with E-state index in [2.05, 4.69) is 40.3 Å². The van der Waals surface area contributed by atoms with Crippen molar-refractivity contribution in [3.05, 3.63) is 88.1 Å². The highest BCUT2D eigenvalue weighted by atomic mass is 32.1. The maximum atomic E-state index is 12.4. The average molecular weight is 351 g/mol. The molecule has 1 heterocycles. The van der Waals surface area contributed by atoms with Crippen LogP contribution in [0.1, 0.15) is 16.7 Å². The molecule has 2 N–H and O–H groups in total. The zero-order valence-corrected chi connectivity index (χ0v) is 15.2. The number of para-hydroxylation sites is 1. The van der Waals surface area contributed by atoms with Crippen LogP contribution in [0.3, 0.4) is 0 Å². The molecule has 4 heteroatoms. The number of nitrogens with one attached hydrogen (secondary N) is 2. The van der Waals surface area contributed by atoms with Gasteiger partial charge in [0.15, 0.2) is 6.54 Å². The van der Waals surface area contributed by atoms with Crippen molar-refractivity contribution in [2.75, 3.05) is 18.9 Å². The number of hydrogen-bond donors (Lipinski definition) is 2. The third-order valence-electron chi connectivity index (χ3n) is 4.08. The number of benzene rings is 2. The van der Waals surface area contributed by atoms with E-state index >= 15 is 0 Å². The summed E-state index contributed by atoms with van der Waals surface area (Å²) in [6, 6.07) is 20.5. The molecule has 25 heavy (non-hydrogen) atoms. The first-order valence-electron chi connectivity index (χ1n) is 8.45. The summed E-state index contributed by atoms with van der Waals surface area (Å²) < 4.78 is 0. The van der Waals surface area contributed by atoms with Gasteiger partial charge in [-0.2, -0.15) is 11.3 Å². The molecular formula is C21H23N2OS+. The fraction of sp³-hybridized carbons (Fsp3) is 0.190. The van der Waals surface area contributed by atoms with Crippen LogP contribution in [0, 0.1) is 0 Å². The van der Waals surface area contributed by atoms with E-state index in [1.54, 1.807) is 11.3 Å². The van der Waals surface area contributed by atoms with Crippen molar-refractivity contribution in [3.63, 3.8) is 0 Å². The van der Waals surface area contributed by atoms with E-state index < -0.39 is 0 Å². The highest BCUT2D eigenvalue weighted by Crippen LogP contribution is 2.18. The number of amides is 1. The summed E-state index contributed by atoms with van der Waals surface area (Å²) >= 11 is 1.69. The number of rotatable bonds is 7. The van der Waals surface area contributed by atoms with Crippen molar-refractivity contribution in [1.82, 2.24) is 0 Å². The summed E-state index contributed by atoms with van der Waals surface area (Å²) in [6.07, 6.45) is 0.814. The Morgan fingerprint density at radius 2 is 1.76 bits per heavy atom. The largest absolute Gasteiger partial charge is 0.326 e. The average Bonchev–Trinajstić information content (AvgIpc) is 3.10. The summed E-state index contributed by atoms with van der Waals surface area (Å²) in [5.41, 5.74) is 4.56. The Balaban J connectivity index is 1.61. The van der Waals surface area contributed by atoms with Crippen molar-refractivity contribution in [1.29, 1.82) is 0 Å². The second-order valence-electron chi connectivity index (χ2n) is 6.31. The Kier molecular flexibility index (Phi) is 5.99. The molecule has 0 radical (unpaired) electrons. The highest BCUT2D eigenvalue weighted by Gasteiger charge is 2.13. The van der Waals surface area contributed by atoms with Gasteiger partial charge in [0.2, 0.25) is 0 Å². The van der Waals surface area contributed by atoms with E-state index in [1.165, 1.54) is 16.0 Å². The lowest BCUT2D eigenvalue weighted by Gasteiger charge is -2.15. The molecule has 3 nitrogen and oxygen atoms in total. The molecule has 1 amide bonds. The summed E-state index contributed by atoms with van der Waals surface area (Å²) in [5.74, 6) is 0.0493. The Bertz CT molecular complexity index is 800. The van der Waals surface area contributed by atoms with E-state index in [1.807, 2.05) is 43.4 Å². The molecule has 0 fully saturated rings. The first-order valence-corrected chi connectivity index (χ1v) is 9.39. The molecule has 1 unspecified atom stereocenters. The van der Waals surface area contributed by atoms with Gasteiger partial charge in [0.1, 0.15) is 6.54 Å². The zero-order chi connectivity index (χ0) is 17.5. The van der Waals surface area contributed by atoms with Gasteiger partial charge in [0.25, 0.3) is 5.91 Å². The summed E-state index contributed by atoms with van der Waals surface area (Å²) in [6.45, 7) is 1.32. The number of hydrogen-bond acceptors (Lipinski definition) is 2. The molecule has 0 aliphatic heterocycles. The van der Waals surface area contributed by atoms with E-state index in [0.29, 0.717) is 6.54 Å². The van der Waals surface area contributed by atoms with Crippen molar-refractivity contribution >= 4 is 22.9 Å². The number of thiophene rings is 1. The normalized spacial score (nSPS) is 11.9. The van der Waals surface area contributed by atoms with Crippen molar-refractivity contribution < 1.29 is 9.69 Å². The van der Waals surface area contributed by atoms with Gasteiger partial charge in [-0.1, -0.05) is 48.5 Å². The first kappa shape index (κ1) is 17.4. The van der Waals surface area contributed by atoms with Crippen LogP contribution in [0.25, 0.3) is 0 Å². The van der Waals surface area contributed by atoms with E-state index in [9.17, 15) is 4.79 Å². The van der Waals surface area contributed by atoms with Gasteiger partial charge in [-0.3, -0.25) is 4.79 Å². The second kappa shape index (κ2) is 8.60.